The first kappa shape index (κ1) is 13.2. The zero-order valence-electron chi connectivity index (χ0n) is 9.87. The quantitative estimate of drug-likeness (QED) is 0.770. The van der Waals surface area contributed by atoms with Gasteiger partial charge < -0.3 is 4.74 Å². The molecule has 0 radical (unpaired) electrons. The van der Waals surface area contributed by atoms with Crippen molar-refractivity contribution < 1.29 is 9.53 Å². The molecule has 0 saturated carbocycles. The van der Waals surface area contributed by atoms with Crippen LogP contribution in [0.15, 0.2) is 24.3 Å². The predicted octanol–water partition coefficient (Wildman–Crippen LogP) is 3.75. The average molecular weight is 285 g/mol. The summed E-state index contributed by atoms with van der Waals surface area (Å²) in [6, 6.07) is 7.57. The largest absolute Gasteiger partial charge is 0.497 e. The van der Waals surface area contributed by atoms with Crippen molar-refractivity contribution >= 4 is 21.7 Å². The van der Waals surface area contributed by atoms with E-state index in [4.69, 9.17) is 4.74 Å². The van der Waals surface area contributed by atoms with Crippen LogP contribution in [0.4, 0.5) is 0 Å². The molecule has 0 aromatic heterocycles. The van der Waals surface area contributed by atoms with Crippen LogP contribution in [-0.4, -0.2) is 12.9 Å². The second-order valence-corrected chi connectivity index (χ2v) is 4.76. The third kappa shape index (κ3) is 3.08. The van der Waals surface area contributed by atoms with Crippen molar-refractivity contribution in [1.29, 1.82) is 0 Å². The molecule has 0 aliphatic heterocycles. The van der Waals surface area contributed by atoms with Crippen molar-refractivity contribution in [3.8, 4) is 5.75 Å². The molecule has 1 rings (SSSR count). The molecule has 0 fully saturated rings. The Morgan fingerprint density at radius 2 is 1.94 bits per heavy atom. The summed E-state index contributed by atoms with van der Waals surface area (Å²) in [5, 5.41) is 0. The highest BCUT2D eigenvalue weighted by molar-refractivity contribution is 9.09. The highest BCUT2D eigenvalue weighted by Gasteiger charge is 2.21. The number of methoxy groups -OCH3 is 1. The number of Topliss-reactive ketones (excluding diaryl/α,β-unsaturated/α-hetero) is 1. The van der Waals surface area contributed by atoms with Crippen molar-refractivity contribution in [2.75, 3.05) is 7.11 Å². The summed E-state index contributed by atoms with van der Waals surface area (Å²) in [6.07, 6.45) is 0.872. The molecule has 1 aromatic rings. The number of hydrogen-bond acceptors (Lipinski definition) is 2. The minimum Gasteiger partial charge on any atom is -0.497 e. The van der Waals surface area contributed by atoms with Gasteiger partial charge in [0.25, 0.3) is 0 Å². The summed E-state index contributed by atoms with van der Waals surface area (Å²) in [6.45, 7) is 3.98. The number of ether oxygens (including phenoxy) is 1. The van der Waals surface area contributed by atoms with Crippen LogP contribution < -0.4 is 4.74 Å². The average Bonchev–Trinajstić information content (AvgIpc) is 2.36. The smallest absolute Gasteiger partial charge is 0.153 e. The minimum atomic E-state index is -0.214. The maximum absolute atomic E-state index is 12.0. The van der Waals surface area contributed by atoms with E-state index in [1.54, 1.807) is 7.11 Å². The van der Waals surface area contributed by atoms with Crippen LogP contribution in [0.2, 0.25) is 0 Å². The molecule has 16 heavy (non-hydrogen) atoms. The number of hydrogen-bond donors (Lipinski definition) is 0. The van der Waals surface area contributed by atoms with E-state index in [0.717, 1.165) is 17.7 Å². The summed E-state index contributed by atoms with van der Waals surface area (Å²) < 4.78 is 5.08. The fourth-order valence-electron chi connectivity index (χ4n) is 1.39. The second-order valence-electron chi connectivity index (χ2n) is 3.85. The molecule has 0 spiro atoms. The van der Waals surface area contributed by atoms with Gasteiger partial charge in [0, 0.05) is 5.92 Å². The molecule has 0 N–H and O–H groups in total. The van der Waals surface area contributed by atoms with Crippen molar-refractivity contribution in [3.05, 3.63) is 29.8 Å². The summed E-state index contributed by atoms with van der Waals surface area (Å²) in [7, 11) is 1.63. The van der Waals surface area contributed by atoms with Gasteiger partial charge in [0.15, 0.2) is 5.78 Å². The first-order valence-corrected chi connectivity index (χ1v) is 6.33. The summed E-state index contributed by atoms with van der Waals surface area (Å²) >= 11 is 3.45. The Morgan fingerprint density at radius 1 is 1.38 bits per heavy atom. The first-order valence-electron chi connectivity index (χ1n) is 5.41. The molecule has 0 aliphatic carbocycles. The van der Waals surface area contributed by atoms with Gasteiger partial charge in [-0.2, -0.15) is 0 Å². The molecule has 0 bridgehead atoms. The van der Waals surface area contributed by atoms with E-state index in [0.29, 0.717) is 0 Å². The van der Waals surface area contributed by atoms with Crippen LogP contribution >= 0.6 is 15.9 Å². The zero-order chi connectivity index (χ0) is 12.1. The van der Waals surface area contributed by atoms with E-state index in [1.807, 2.05) is 38.1 Å². The number of halogens is 1. The van der Waals surface area contributed by atoms with Crippen LogP contribution in [0.25, 0.3) is 0 Å². The van der Waals surface area contributed by atoms with E-state index in [1.165, 1.54) is 0 Å². The Labute approximate surface area is 105 Å². The van der Waals surface area contributed by atoms with Crippen LogP contribution in [0.3, 0.4) is 0 Å². The Kier molecular flexibility index (Phi) is 5.00. The molecule has 0 saturated heterocycles. The molecule has 0 aliphatic rings. The van der Waals surface area contributed by atoms with Crippen LogP contribution in [0, 0.1) is 5.92 Å². The van der Waals surface area contributed by atoms with E-state index in [-0.39, 0.29) is 16.5 Å². The molecule has 1 aromatic carbocycles. The molecule has 0 amide bonds. The van der Waals surface area contributed by atoms with Crippen LogP contribution in [0.5, 0.6) is 5.75 Å². The number of rotatable bonds is 5. The number of carbonyl (C=O) groups is 1. The lowest BCUT2D eigenvalue weighted by Crippen LogP contribution is -2.15. The van der Waals surface area contributed by atoms with Gasteiger partial charge in [0.1, 0.15) is 5.75 Å². The zero-order valence-corrected chi connectivity index (χ0v) is 11.5. The molecule has 2 atom stereocenters. The third-order valence-corrected chi connectivity index (χ3v) is 3.74. The van der Waals surface area contributed by atoms with Gasteiger partial charge >= 0.3 is 0 Å². The summed E-state index contributed by atoms with van der Waals surface area (Å²) in [5.41, 5.74) is 0.978. The van der Waals surface area contributed by atoms with Crippen LogP contribution in [0.1, 0.15) is 30.7 Å². The lowest BCUT2D eigenvalue weighted by atomic mass is 9.97. The minimum absolute atomic E-state index is 0.0893. The van der Waals surface area contributed by atoms with E-state index < -0.39 is 0 Å². The molecule has 3 heteroatoms. The van der Waals surface area contributed by atoms with Gasteiger partial charge in [-0.15, -0.1) is 0 Å². The molecular formula is C13H17BrO2. The predicted molar refractivity (Wildman–Crippen MR) is 69.1 cm³/mol. The molecule has 2 unspecified atom stereocenters. The van der Waals surface area contributed by atoms with Crippen molar-refractivity contribution in [2.45, 2.75) is 25.1 Å². The fourth-order valence-corrected chi connectivity index (χ4v) is 2.14. The lowest BCUT2D eigenvalue weighted by Gasteiger charge is -2.14. The Balaban J connectivity index is 2.79. The third-order valence-electron chi connectivity index (χ3n) is 2.76. The van der Waals surface area contributed by atoms with Crippen molar-refractivity contribution in [3.63, 3.8) is 0 Å². The topological polar surface area (TPSA) is 26.3 Å². The molecule has 88 valence electrons. The van der Waals surface area contributed by atoms with Gasteiger partial charge in [-0.25, -0.2) is 0 Å². The molecular weight excluding hydrogens is 268 g/mol. The number of benzene rings is 1. The first-order chi connectivity index (χ1) is 7.60. The number of ketones is 1. The van der Waals surface area contributed by atoms with Crippen molar-refractivity contribution in [2.24, 2.45) is 5.92 Å². The van der Waals surface area contributed by atoms with Gasteiger partial charge in [-0.1, -0.05) is 41.9 Å². The fraction of sp³-hybridized carbons (Fsp3) is 0.462. The van der Waals surface area contributed by atoms with E-state index in [9.17, 15) is 4.79 Å². The summed E-state index contributed by atoms with van der Waals surface area (Å²) in [4.78, 5) is 11.7. The molecule has 0 heterocycles. The Bertz CT molecular complexity index is 345. The lowest BCUT2D eigenvalue weighted by molar-refractivity contribution is -0.121. The second kappa shape index (κ2) is 6.04. The number of alkyl halides is 1. The maximum Gasteiger partial charge on any atom is 0.153 e. The monoisotopic (exact) mass is 284 g/mol. The normalized spacial score (nSPS) is 14.2. The van der Waals surface area contributed by atoms with Gasteiger partial charge in [0.2, 0.25) is 0 Å². The van der Waals surface area contributed by atoms with E-state index in [2.05, 4.69) is 15.9 Å². The summed E-state index contributed by atoms with van der Waals surface area (Å²) in [5.74, 6) is 1.12. The highest BCUT2D eigenvalue weighted by atomic mass is 79.9. The van der Waals surface area contributed by atoms with E-state index >= 15 is 0 Å². The van der Waals surface area contributed by atoms with Gasteiger partial charge in [-0.05, 0) is 24.1 Å². The van der Waals surface area contributed by atoms with Gasteiger partial charge in [-0.3, -0.25) is 4.79 Å². The maximum atomic E-state index is 12.0. The van der Waals surface area contributed by atoms with Gasteiger partial charge in [0.05, 0.1) is 11.9 Å². The standard InChI is InChI=1S/C13H17BrO2/c1-4-9(2)13(15)12(14)10-5-7-11(16-3)8-6-10/h5-9,12H,4H2,1-3H3. The Hall–Kier alpha value is -0.830. The molecule has 2 nitrogen and oxygen atoms in total. The number of carbonyl (C=O) groups excluding carboxylic acids is 1. The Morgan fingerprint density at radius 3 is 2.38 bits per heavy atom. The SMILES string of the molecule is CCC(C)C(=O)C(Br)c1ccc(OC)cc1. The van der Waals surface area contributed by atoms with Crippen LogP contribution in [-0.2, 0) is 4.79 Å². The van der Waals surface area contributed by atoms with Crippen molar-refractivity contribution in [1.82, 2.24) is 0 Å². The highest BCUT2D eigenvalue weighted by Crippen LogP contribution is 2.28.